The maximum absolute atomic E-state index is 11.5. The summed E-state index contributed by atoms with van der Waals surface area (Å²) < 4.78 is 10.4. The van der Waals surface area contributed by atoms with Gasteiger partial charge in [-0.3, -0.25) is 0 Å². The Morgan fingerprint density at radius 1 is 0.889 bits per heavy atom. The number of carbonyl (C=O) groups is 1. The van der Waals surface area contributed by atoms with Gasteiger partial charge in [-0.05, 0) is 34.9 Å². The summed E-state index contributed by atoms with van der Waals surface area (Å²) in [6.45, 7) is 0. The third kappa shape index (κ3) is 4.42. The van der Waals surface area contributed by atoms with Crippen LogP contribution < -0.4 is 0 Å². The summed E-state index contributed by atoms with van der Waals surface area (Å²) >= 11 is 0. The molecule has 0 bridgehead atoms. The van der Waals surface area contributed by atoms with Crippen molar-refractivity contribution in [2.24, 2.45) is 0 Å². The molecule has 0 N–H and O–H groups in total. The summed E-state index contributed by atoms with van der Waals surface area (Å²) in [6.07, 6.45) is 3.31. The van der Waals surface area contributed by atoms with Crippen LogP contribution in [0.5, 0.6) is 0 Å². The number of furan rings is 1. The first-order valence-corrected chi connectivity index (χ1v) is 8.34. The Hall–Kier alpha value is -3.84. The molecule has 0 aliphatic rings. The van der Waals surface area contributed by atoms with E-state index in [1.807, 2.05) is 72.8 Å². The van der Waals surface area contributed by atoms with Crippen LogP contribution in [0, 0.1) is 11.3 Å². The van der Waals surface area contributed by atoms with Crippen molar-refractivity contribution in [3.8, 4) is 6.07 Å². The molecule has 4 nitrogen and oxygen atoms in total. The molecule has 0 saturated carbocycles. The molecule has 2 aromatic carbocycles. The number of methoxy groups -OCH3 is 1. The monoisotopic (exact) mass is 355 g/mol. The summed E-state index contributed by atoms with van der Waals surface area (Å²) in [5, 5.41) is 9.07. The molecule has 1 aromatic heterocycles. The predicted octanol–water partition coefficient (Wildman–Crippen LogP) is 4.95. The molecule has 0 aliphatic carbocycles. The van der Waals surface area contributed by atoms with Crippen LogP contribution in [0.15, 0.2) is 82.8 Å². The van der Waals surface area contributed by atoms with Crippen molar-refractivity contribution in [3.05, 3.63) is 101 Å². The smallest absolute Gasteiger partial charge is 0.348 e. The van der Waals surface area contributed by atoms with Gasteiger partial charge in [-0.2, -0.15) is 5.26 Å². The number of rotatable bonds is 5. The molecule has 0 atom stereocenters. The van der Waals surface area contributed by atoms with Crippen LogP contribution in [0.25, 0.3) is 17.7 Å². The van der Waals surface area contributed by atoms with Crippen molar-refractivity contribution in [2.45, 2.75) is 0 Å². The second kappa shape index (κ2) is 8.50. The van der Waals surface area contributed by atoms with Gasteiger partial charge in [-0.15, -0.1) is 0 Å². The van der Waals surface area contributed by atoms with Crippen molar-refractivity contribution in [3.63, 3.8) is 0 Å². The highest BCUT2D eigenvalue weighted by Crippen LogP contribution is 2.27. The van der Waals surface area contributed by atoms with E-state index in [0.717, 1.165) is 16.7 Å². The molecule has 0 aliphatic heterocycles. The summed E-state index contributed by atoms with van der Waals surface area (Å²) in [5.41, 5.74) is 3.01. The Balaban J connectivity index is 2.00. The van der Waals surface area contributed by atoms with Gasteiger partial charge < -0.3 is 9.15 Å². The van der Waals surface area contributed by atoms with Gasteiger partial charge in [-0.1, -0.05) is 60.7 Å². The third-order valence-corrected chi connectivity index (χ3v) is 3.92. The van der Waals surface area contributed by atoms with Gasteiger partial charge in [0.25, 0.3) is 0 Å². The van der Waals surface area contributed by atoms with Gasteiger partial charge in [0.2, 0.25) is 0 Å². The fourth-order valence-electron chi connectivity index (χ4n) is 2.62. The predicted molar refractivity (Wildman–Crippen MR) is 104 cm³/mol. The fourth-order valence-corrected chi connectivity index (χ4v) is 2.62. The minimum Gasteiger partial charge on any atom is -0.465 e. The molecule has 0 spiro atoms. The van der Waals surface area contributed by atoms with Crippen molar-refractivity contribution in [1.29, 1.82) is 5.26 Å². The van der Waals surface area contributed by atoms with E-state index in [0.29, 0.717) is 11.5 Å². The standard InChI is InChI=1S/C23H17NO3/c1-26-23(25)19(16-24)14-20-12-13-21(27-20)15-22(17-8-4-2-5-9-17)18-10-6-3-7-11-18/h2-15H,1H3. The lowest BCUT2D eigenvalue weighted by Crippen LogP contribution is -2.02. The van der Waals surface area contributed by atoms with Crippen LogP contribution in [0.1, 0.15) is 22.6 Å². The van der Waals surface area contributed by atoms with Gasteiger partial charge in [0.05, 0.1) is 7.11 Å². The van der Waals surface area contributed by atoms with Gasteiger partial charge in [0, 0.05) is 6.08 Å². The average molecular weight is 355 g/mol. The summed E-state index contributed by atoms with van der Waals surface area (Å²) in [6, 6.07) is 25.3. The van der Waals surface area contributed by atoms with Crippen molar-refractivity contribution in [1.82, 2.24) is 0 Å². The molecule has 3 rings (SSSR count). The minimum atomic E-state index is -0.694. The molecule has 1 heterocycles. The Morgan fingerprint density at radius 3 is 1.89 bits per heavy atom. The quantitative estimate of drug-likeness (QED) is 0.369. The number of esters is 1. The molecule has 0 saturated heterocycles. The zero-order valence-electron chi connectivity index (χ0n) is 14.8. The van der Waals surface area contributed by atoms with Crippen LogP contribution >= 0.6 is 0 Å². The van der Waals surface area contributed by atoms with Gasteiger partial charge >= 0.3 is 5.97 Å². The first-order chi connectivity index (χ1) is 13.2. The SMILES string of the molecule is COC(=O)C(C#N)=Cc1ccc(C=C(c2ccccc2)c2ccccc2)o1. The normalized spacial score (nSPS) is 10.7. The van der Waals surface area contributed by atoms with Crippen LogP contribution in [0.4, 0.5) is 0 Å². The third-order valence-electron chi connectivity index (χ3n) is 3.92. The van der Waals surface area contributed by atoms with E-state index in [2.05, 4.69) is 4.74 Å². The number of benzene rings is 2. The summed E-state index contributed by atoms with van der Waals surface area (Å²) in [4.78, 5) is 11.5. The van der Waals surface area contributed by atoms with Crippen LogP contribution in [-0.4, -0.2) is 13.1 Å². The van der Waals surface area contributed by atoms with E-state index >= 15 is 0 Å². The highest BCUT2D eigenvalue weighted by atomic mass is 16.5. The van der Waals surface area contributed by atoms with E-state index < -0.39 is 5.97 Å². The lowest BCUT2D eigenvalue weighted by molar-refractivity contribution is -0.135. The summed E-state index contributed by atoms with van der Waals surface area (Å²) in [5.74, 6) is 0.329. The Bertz CT molecular complexity index is 981. The number of nitriles is 1. The fraction of sp³-hybridized carbons (Fsp3) is 0.0435. The van der Waals surface area contributed by atoms with E-state index in [1.165, 1.54) is 13.2 Å². The van der Waals surface area contributed by atoms with Gasteiger partial charge in [0.1, 0.15) is 23.2 Å². The van der Waals surface area contributed by atoms with Gasteiger partial charge in [-0.25, -0.2) is 4.79 Å². The molecule has 0 radical (unpaired) electrons. The second-order valence-corrected chi connectivity index (χ2v) is 5.69. The van der Waals surface area contributed by atoms with Crippen molar-refractivity contribution >= 4 is 23.7 Å². The molecule has 27 heavy (non-hydrogen) atoms. The molecule has 0 unspecified atom stereocenters. The van der Waals surface area contributed by atoms with Crippen molar-refractivity contribution < 1.29 is 13.9 Å². The lowest BCUT2D eigenvalue weighted by Gasteiger charge is -2.07. The number of hydrogen-bond donors (Lipinski definition) is 0. The lowest BCUT2D eigenvalue weighted by atomic mass is 9.97. The maximum Gasteiger partial charge on any atom is 0.348 e. The molecular formula is C23H17NO3. The number of nitrogens with zero attached hydrogens (tertiary/aromatic N) is 1. The zero-order chi connectivity index (χ0) is 19.1. The minimum absolute atomic E-state index is 0.117. The van der Waals surface area contributed by atoms with Crippen molar-refractivity contribution in [2.75, 3.05) is 7.11 Å². The number of carbonyl (C=O) groups excluding carboxylic acids is 1. The Morgan fingerprint density at radius 2 is 1.41 bits per heavy atom. The van der Waals surface area contributed by atoms with Crippen LogP contribution in [0.3, 0.4) is 0 Å². The topological polar surface area (TPSA) is 63.2 Å². The molecule has 0 amide bonds. The molecule has 4 heteroatoms. The van der Waals surface area contributed by atoms with Gasteiger partial charge in [0.15, 0.2) is 0 Å². The maximum atomic E-state index is 11.5. The first-order valence-electron chi connectivity index (χ1n) is 8.34. The number of hydrogen-bond acceptors (Lipinski definition) is 4. The summed E-state index contributed by atoms with van der Waals surface area (Å²) in [7, 11) is 1.23. The first kappa shape index (κ1) is 18.0. The Kier molecular flexibility index (Phi) is 5.66. The van der Waals surface area contributed by atoms with E-state index in [-0.39, 0.29) is 5.57 Å². The van der Waals surface area contributed by atoms with E-state index in [4.69, 9.17) is 9.68 Å². The average Bonchev–Trinajstić information content (AvgIpc) is 3.18. The zero-order valence-corrected chi connectivity index (χ0v) is 14.8. The molecule has 3 aromatic rings. The molecular weight excluding hydrogens is 338 g/mol. The van der Waals surface area contributed by atoms with E-state index in [1.54, 1.807) is 12.1 Å². The molecule has 132 valence electrons. The second-order valence-electron chi connectivity index (χ2n) is 5.69. The molecule has 0 fully saturated rings. The number of ether oxygens (including phenoxy) is 1. The highest BCUT2D eigenvalue weighted by molar-refractivity contribution is 5.97. The van der Waals surface area contributed by atoms with E-state index in [9.17, 15) is 4.79 Å². The highest BCUT2D eigenvalue weighted by Gasteiger charge is 2.11. The largest absolute Gasteiger partial charge is 0.465 e. The van der Waals surface area contributed by atoms with Crippen LogP contribution in [-0.2, 0) is 9.53 Å². The Labute approximate surface area is 157 Å². The van der Waals surface area contributed by atoms with Crippen LogP contribution in [0.2, 0.25) is 0 Å².